The van der Waals surface area contributed by atoms with Crippen molar-refractivity contribution in [2.45, 2.75) is 32.4 Å². The molecule has 0 aliphatic carbocycles. The topological polar surface area (TPSA) is 92.9 Å². The molecule has 0 saturated carbocycles. The number of nitrogens with one attached hydrogen (secondary N) is 2. The SMILES string of the molecule is CCCC(N)C(=O)NCCn1c(=O)[nH]c2ccccc21. The number of rotatable bonds is 6. The summed E-state index contributed by atoms with van der Waals surface area (Å²) in [5.74, 6) is -0.167. The van der Waals surface area contributed by atoms with E-state index in [4.69, 9.17) is 5.73 Å². The Labute approximate surface area is 117 Å². The summed E-state index contributed by atoms with van der Waals surface area (Å²) in [6.45, 7) is 2.80. The van der Waals surface area contributed by atoms with Crippen LogP contribution >= 0.6 is 0 Å². The van der Waals surface area contributed by atoms with Crippen molar-refractivity contribution in [1.29, 1.82) is 0 Å². The van der Waals surface area contributed by atoms with Crippen LogP contribution in [0.2, 0.25) is 0 Å². The molecule has 1 unspecified atom stereocenters. The molecule has 0 bridgehead atoms. The Morgan fingerprint density at radius 2 is 2.20 bits per heavy atom. The molecule has 6 nitrogen and oxygen atoms in total. The maximum Gasteiger partial charge on any atom is 0.326 e. The largest absolute Gasteiger partial charge is 0.353 e. The number of nitrogens with two attached hydrogens (primary N) is 1. The summed E-state index contributed by atoms with van der Waals surface area (Å²) >= 11 is 0. The number of H-pyrrole nitrogens is 1. The van der Waals surface area contributed by atoms with Crippen molar-refractivity contribution in [3.8, 4) is 0 Å². The zero-order chi connectivity index (χ0) is 14.5. The molecule has 6 heteroatoms. The summed E-state index contributed by atoms with van der Waals surface area (Å²) < 4.78 is 1.61. The van der Waals surface area contributed by atoms with E-state index in [9.17, 15) is 9.59 Å². The number of amides is 1. The number of benzene rings is 1. The van der Waals surface area contributed by atoms with Crippen LogP contribution in [0.4, 0.5) is 0 Å². The smallest absolute Gasteiger partial charge is 0.326 e. The summed E-state index contributed by atoms with van der Waals surface area (Å²) in [6.07, 6.45) is 1.54. The van der Waals surface area contributed by atoms with Crippen molar-refractivity contribution in [2.24, 2.45) is 5.73 Å². The number of hydrogen-bond acceptors (Lipinski definition) is 3. The second kappa shape index (κ2) is 6.38. The summed E-state index contributed by atoms with van der Waals surface area (Å²) in [6, 6.07) is 7.00. The molecule has 1 aromatic carbocycles. The fourth-order valence-electron chi connectivity index (χ4n) is 2.19. The van der Waals surface area contributed by atoms with Crippen LogP contribution in [0.5, 0.6) is 0 Å². The third kappa shape index (κ3) is 3.08. The molecule has 0 aliphatic heterocycles. The second-order valence-corrected chi connectivity index (χ2v) is 4.79. The van der Waals surface area contributed by atoms with Crippen molar-refractivity contribution in [2.75, 3.05) is 6.54 Å². The van der Waals surface area contributed by atoms with Gasteiger partial charge in [0.25, 0.3) is 0 Å². The molecule has 2 aromatic rings. The number of hydrogen-bond donors (Lipinski definition) is 3. The summed E-state index contributed by atoms with van der Waals surface area (Å²) in [7, 11) is 0. The first kappa shape index (κ1) is 14.3. The minimum absolute atomic E-state index is 0.167. The van der Waals surface area contributed by atoms with E-state index in [1.54, 1.807) is 4.57 Å². The molecule has 2 rings (SSSR count). The maximum absolute atomic E-state index is 11.8. The van der Waals surface area contributed by atoms with E-state index in [2.05, 4.69) is 10.3 Å². The molecular weight excluding hydrogens is 256 g/mol. The molecule has 0 fully saturated rings. The summed E-state index contributed by atoms with van der Waals surface area (Å²) in [4.78, 5) is 26.3. The average molecular weight is 276 g/mol. The van der Waals surface area contributed by atoms with Crippen LogP contribution < -0.4 is 16.7 Å². The van der Waals surface area contributed by atoms with Gasteiger partial charge in [-0.15, -0.1) is 0 Å². The predicted molar refractivity (Wildman–Crippen MR) is 78.5 cm³/mol. The first-order valence-corrected chi connectivity index (χ1v) is 6.84. The normalized spacial score (nSPS) is 12.5. The van der Waals surface area contributed by atoms with E-state index >= 15 is 0 Å². The lowest BCUT2D eigenvalue weighted by atomic mass is 10.2. The zero-order valence-electron chi connectivity index (χ0n) is 11.6. The lowest BCUT2D eigenvalue weighted by Gasteiger charge is -2.11. The molecule has 1 aromatic heterocycles. The van der Waals surface area contributed by atoms with Crippen LogP contribution in [0, 0.1) is 0 Å². The van der Waals surface area contributed by atoms with E-state index in [1.807, 2.05) is 31.2 Å². The standard InChI is InChI=1S/C14H20N4O2/c1-2-5-10(15)13(19)16-8-9-18-12-7-4-3-6-11(12)17-14(18)20/h3-4,6-7,10H,2,5,8-9,15H2,1H3,(H,16,19)(H,17,20). The van der Waals surface area contributed by atoms with Crippen molar-refractivity contribution in [3.63, 3.8) is 0 Å². The van der Waals surface area contributed by atoms with Crippen LogP contribution in [-0.4, -0.2) is 28.0 Å². The molecule has 0 saturated heterocycles. The molecule has 0 radical (unpaired) electrons. The monoisotopic (exact) mass is 276 g/mol. The molecule has 1 heterocycles. The van der Waals surface area contributed by atoms with Gasteiger partial charge >= 0.3 is 5.69 Å². The Morgan fingerprint density at radius 1 is 1.45 bits per heavy atom. The van der Waals surface area contributed by atoms with Crippen molar-refractivity contribution in [1.82, 2.24) is 14.9 Å². The minimum atomic E-state index is -0.473. The van der Waals surface area contributed by atoms with Crippen LogP contribution in [0.3, 0.4) is 0 Å². The second-order valence-electron chi connectivity index (χ2n) is 4.79. The number of imidazole rings is 1. The number of aromatic amines is 1. The lowest BCUT2D eigenvalue weighted by Crippen LogP contribution is -2.42. The minimum Gasteiger partial charge on any atom is -0.353 e. The quantitative estimate of drug-likeness (QED) is 0.720. The molecule has 1 atom stereocenters. The van der Waals surface area contributed by atoms with E-state index in [1.165, 1.54) is 0 Å². The van der Waals surface area contributed by atoms with Gasteiger partial charge in [0.15, 0.2) is 0 Å². The zero-order valence-corrected chi connectivity index (χ0v) is 11.6. The van der Waals surface area contributed by atoms with Crippen molar-refractivity contribution >= 4 is 16.9 Å². The molecule has 0 aliphatic rings. The number of carbonyl (C=O) groups excluding carboxylic acids is 1. The van der Waals surface area contributed by atoms with Crippen LogP contribution in [0.1, 0.15) is 19.8 Å². The van der Waals surface area contributed by atoms with Crippen LogP contribution in [0.25, 0.3) is 11.0 Å². The Bertz CT molecular complexity index is 644. The molecule has 0 spiro atoms. The van der Waals surface area contributed by atoms with E-state index < -0.39 is 6.04 Å². The average Bonchev–Trinajstić information content (AvgIpc) is 2.75. The van der Waals surface area contributed by atoms with Crippen molar-refractivity contribution < 1.29 is 4.79 Å². The number of nitrogens with zero attached hydrogens (tertiary/aromatic N) is 1. The molecule has 108 valence electrons. The fourth-order valence-corrected chi connectivity index (χ4v) is 2.19. The molecular formula is C14H20N4O2. The summed E-state index contributed by atoms with van der Waals surface area (Å²) in [5, 5.41) is 2.76. The fraction of sp³-hybridized carbons (Fsp3) is 0.429. The van der Waals surface area contributed by atoms with Gasteiger partial charge in [-0.25, -0.2) is 4.79 Å². The number of para-hydroxylation sites is 2. The van der Waals surface area contributed by atoms with Gasteiger partial charge < -0.3 is 16.0 Å². The Morgan fingerprint density at radius 3 is 2.95 bits per heavy atom. The van der Waals surface area contributed by atoms with Gasteiger partial charge in [-0.1, -0.05) is 25.5 Å². The highest BCUT2D eigenvalue weighted by atomic mass is 16.2. The van der Waals surface area contributed by atoms with Crippen LogP contribution in [-0.2, 0) is 11.3 Å². The van der Waals surface area contributed by atoms with Gasteiger partial charge in [0, 0.05) is 13.1 Å². The highest BCUT2D eigenvalue weighted by Crippen LogP contribution is 2.08. The van der Waals surface area contributed by atoms with Gasteiger partial charge in [-0.2, -0.15) is 0 Å². The highest BCUT2D eigenvalue weighted by Gasteiger charge is 2.12. The third-order valence-electron chi connectivity index (χ3n) is 3.25. The Hall–Kier alpha value is -2.08. The lowest BCUT2D eigenvalue weighted by molar-refractivity contribution is -0.122. The number of aromatic nitrogens is 2. The summed E-state index contributed by atoms with van der Waals surface area (Å²) in [5.41, 5.74) is 7.19. The third-order valence-corrected chi connectivity index (χ3v) is 3.25. The van der Waals surface area contributed by atoms with Gasteiger partial charge in [-0.05, 0) is 18.6 Å². The van der Waals surface area contributed by atoms with Crippen LogP contribution in [0.15, 0.2) is 29.1 Å². The molecule has 20 heavy (non-hydrogen) atoms. The Kier molecular flexibility index (Phi) is 4.57. The first-order valence-electron chi connectivity index (χ1n) is 6.84. The van der Waals surface area contributed by atoms with E-state index in [0.717, 1.165) is 17.5 Å². The Balaban J connectivity index is 1.98. The highest BCUT2D eigenvalue weighted by molar-refractivity contribution is 5.81. The molecule has 1 amide bonds. The van der Waals surface area contributed by atoms with Gasteiger partial charge in [0.2, 0.25) is 5.91 Å². The van der Waals surface area contributed by atoms with Gasteiger partial charge in [-0.3, -0.25) is 9.36 Å². The van der Waals surface area contributed by atoms with Crippen molar-refractivity contribution in [3.05, 3.63) is 34.7 Å². The van der Waals surface area contributed by atoms with E-state index in [0.29, 0.717) is 19.5 Å². The van der Waals surface area contributed by atoms with Gasteiger partial charge in [0.1, 0.15) is 0 Å². The first-order chi connectivity index (χ1) is 9.63. The van der Waals surface area contributed by atoms with Gasteiger partial charge in [0.05, 0.1) is 17.1 Å². The molecule has 4 N–H and O–H groups in total. The number of fused-ring (bicyclic) bond motifs is 1. The maximum atomic E-state index is 11.8. The van der Waals surface area contributed by atoms with E-state index in [-0.39, 0.29) is 11.6 Å². The predicted octanol–water partition coefficient (Wildman–Crippen LogP) is 0.573. The number of carbonyl (C=O) groups is 1.